The van der Waals surface area contributed by atoms with Crippen molar-refractivity contribution in [3.63, 3.8) is 0 Å². The van der Waals surface area contributed by atoms with Crippen molar-refractivity contribution in [2.75, 3.05) is 13.1 Å². The van der Waals surface area contributed by atoms with Crippen molar-refractivity contribution in [2.45, 2.75) is 19.5 Å². The molecule has 0 radical (unpaired) electrons. The monoisotopic (exact) mass is 194 g/mol. The quantitative estimate of drug-likeness (QED) is 0.679. The summed E-state index contributed by atoms with van der Waals surface area (Å²) in [5.41, 5.74) is 0. The molecular formula is C7H9F3N2O. The van der Waals surface area contributed by atoms with Crippen LogP contribution in [0, 0.1) is 11.3 Å². The van der Waals surface area contributed by atoms with Gasteiger partial charge in [-0.15, -0.1) is 0 Å². The Morgan fingerprint density at radius 3 is 2.38 bits per heavy atom. The van der Waals surface area contributed by atoms with Gasteiger partial charge in [-0.25, -0.2) is 0 Å². The van der Waals surface area contributed by atoms with Gasteiger partial charge in [-0.3, -0.25) is 4.79 Å². The molecule has 3 nitrogen and oxygen atoms in total. The summed E-state index contributed by atoms with van der Waals surface area (Å²) in [4.78, 5) is 11.2. The lowest BCUT2D eigenvalue weighted by molar-refractivity contribution is -0.185. The largest absolute Gasteiger partial charge is 0.471 e. The van der Waals surface area contributed by atoms with Crippen LogP contribution in [0.5, 0.6) is 0 Å². The van der Waals surface area contributed by atoms with Crippen LogP contribution in [0.3, 0.4) is 0 Å². The van der Waals surface area contributed by atoms with Gasteiger partial charge in [-0.2, -0.15) is 18.4 Å². The summed E-state index contributed by atoms with van der Waals surface area (Å²) < 4.78 is 35.5. The summed E-state index contributed by atoms with van der Waals surface area (Å²) in [7, 11) is 0. The number of amides is 1. The molecule has 0 unspecified atom stereocenters. The molecule has 0 aliphatic rings. The van der Waals surface area contributed by atoms with E-state index in [1.165, 1.54) is 6.92 Å². The predicted molar refractivity (Wildman–Crippen MR) is 38.5 cm³/mol. The number of nitrogens with zero attached hydrogens (tertiary/aromatic N) is 2. The van der Waals surface area contributed by atoms with E-state index in [4.69, 9.17) is 5.26 Å². The first-order valence-corrected chi connectivity index (χ1v) is 3.66. The maximum atomic E-state index is 11.8. The minimum Gasteiger partial charge on any atom is -0.334 e. The first-order valence-electron chi connectivity index (χ1n) is 3.66. The second kappa shape index (κ2) is 4.70. The van der Waals surface area contributed by atoms with Crippen LogP contribution in [0.25, 0.3) is 0 Å². The molecule has 0 aliphatic heterocycles. The molecule has 74 valence electrons. The Kier molecular flexibility index (Phi) is 4.25. The number of alkyl halides is 3. The van der Waals surface area contributed by atoms with Crippen LogP contribution in [-0.2, 0) is 4.79 Å². The molecule has 1 amide bonds. The van der Waals surface area contributed by atoms with E-state index in [0.717, 1.165) is 0 Å². The molecule has 0 aromatic rings. The highest BCUT2D eigenvalue weighted by Gasteiger charge is 2.41. The van der Waals surface area contributed by atoms with E-state index >= 15 is 0 Å². The number of hydrogen-bond donors (Lipinski definition) is 0. The lowest BCUT2D eigenvalue weighted by atomic mass is 10.4. The van der Waals surface area contributed by atoms with Gasteiger partial charge in [-0.05, 0) is 6.92 Å². The van der Waals surface area contributed by atoms with Gasteiger partial charge in [0.05, 0.1) is 12.5 Å². The molecule has 13 heavy (non-hydrogen) atoms. The van der Waals surface area contributed by atoms with Crippen LogP contribution in [0.4, 0.5) is 13.2 Å². The van der Waals surface area contributed by atoms with Crippen LogP contribution in [0.1, 0.15) is 13.3 Å². The van der Waals surface area contributed by atoms with Gasteiger partial charge in [0.15, 0.2) is 0 Å². The van der Waals surface area contributed by atoms with Crippen LogP contribution in [0.2, 0.25) is 0 Å². The third-order valence-electron chi connectivity index (χ3n) is 1.40. The first kappa shape index (κ1) is 11.8. The minimum absolute atomic E-state index is 0.0416. The minimum atomic E-state index is -4.84. The zero-order valence-electron chi connectivity index (χ0n) is 7.06. The molecule has 0 aromatic carbocycles. The van der Waals surface area contributed by atoms with E-state index in [2.05, 4.69) is 0 Å². The standard InChI is InChI=1S/C7H9F3N2O/c1-2-12(5-3-4-11)6(13)7(8,9)10/h2-3,5H2,1H3. The summed E-state index contributed by atoms with van der Waals surface area (Å²) in [5.74, 6) is -1.88. The number of rotatable bonds is 3. The Morgan fingerprint density at radius 2 is 2.08 bits per heavy atom. The molecule has 0 aliphatic carbocycles. The number of hydrogen-bond acceptors (Lipinski definition) is 2. The van der Waals surface area contributed by atoms with Crippen LogP contribution < -0.4 is 0 Å². The normalized spacial score (nSPS) is 10.7. The molecule has 0 fully saturated rings. The van der Waals surface area contributed by atoms with Crippen molar-refractivity contribution in [1.29, 1.82) is 5.26 Å². The SMILES string of the molecule is CCN(CCC#N)C(=O)C(F)(F)F. The van der Waals surface area contributed by atoms with E-state index in [9.17, 15) is 18.0 Å². The summed E-state index contributed by atoms with van der Waals surface area (Å²) in [5, 5.41) is 8.13. The molecule has 0 spiro atoms. The number of halogens is 3. The molecule has 0 atom stereocenters. The average Bonchev–Trinajstić information content (AvgIpc) is 2.04. The Bertz CT molecular complexity index is 219. The molecule has 0 aromatic heterocycles. The first-order chi connectivity index (χ1) is 5.93. The molecule has 6 heteroatoms. The van der Waals surface area contributed by atoms with Crippen molar-refractivity contribution in [1.82, 2.24) is 4.90 Å². The molecule has 0 N–H and O–H groups in total. The number of carbonyl (C=O) groups excluding carboxylic acids is 1. The van der Waals surface area contributed by atoms with Crippen molar-refractivity contribution >= 4 is 5.91 Å². The van der Waals surface area contributed by atoms with E-state index in [0.29, 0.717) is 4.90 Å². The zero-order valence-corrected chi connectivity index (χ0v) is 7.06. The molecule has 0 rings (SSSR count). The van der Waals surface area contributed by atoms with Gasteiger partial charge < -0.3 is 4.90 Å². The fourth-order valence-corrected chi connectivity index (χ4v) is 0.768. The van der Waals surface area contributed by atoms with E-state index in [-0.39, 0.29) is 19.5 Å². The Hall–Kier alpha value is -1.25. The second-order valence-electron chi connectivity index (χ2n) is 2.29. The fourth-order valence-electron chi connectivity index (χ4n) is 0.768. The highest BCUT2D eigenvalue weighted by Crippen LogP contribution is 2.18. The summed E-state index contributed by atoms with van der Waals surface area (Å²) in [6.07, 6.45) is -4.93. The second-order valence-corrected chi connectivity index (χ2v) is 2.29. The van der Waals surface area contributed by atoms with Gasteiger partial charge in [0.25, 0.3) is 0 Å². The summed E-state index contributed by atoms with van der Waals surface area (Å²) >= 11 is 0. The number of carbonyl (C=O) groups is 1. The van der Waals surface area contributed by atoms with Crippen molar-refractivity contribution in [3.05, 3.63) is 0 Å². The lowest BCUT2D eigenvalue weighted by Crippen LogP contribution is -2.41. The van der Waals surface area contributed by atoms with Crippen LogP contribution >= 0.6 is 0 Å². The molecule has 0 heterocycles. The van der Waals surface area contributed by atoms with Gasteiger partial charge in [0.1, 0.15) is 0 Å². The Labute approximate surface area is 73.7 Å². The van der Waals surface area contributed by atoms with E-state index in [1.54, 1.807) is 6.07 Å². The van der Waals surface area contributed by atoms with Gasteiger partial charge in [0, 0.05) is 13.1 Å². The molecular weight excluding hydrogens is 185 g/mol. The Morgan fingerprint density at radius 1 is 1.54 bits per heavy atom. The molecule has 0 saturated heterocycles. The van der Waals surface area contributed by atoms with Gasteiger partial charge >= 0.3 is 12.1 Å². The summed E-state index contributed by atoms with van der Waals surface area (Å²) in [6, 6.07) is 1.68. The van der Waals surface area contributed by atoms with Gasteiger partial charge in [0.2, 0.25) is 0 Å². The topological polar surface area (TPSA) is 44.1 Å². The smallest absolute Gasteiger partial charge is 0.334 e. The lowest BCUT2D eigenvalue weighted by Gasteiger charge is -2.20. The maximum absolute atomic E-state index is 11.8. The van der Waals surface area contributed by atoms with E-state index < -0.39 is 12.1 Å². The average molecular weight is 194 g/mol. The molecule has 0 saturated carbocycles. The maximum Gasteiger partial charge on any atom is 0.471 e. The fraction of sp³-hybridized carbons (Fsp3) is 0.714. The van der Waals surface area contributed by atoms with Crippen LogP contribution in [0.15, 0.2) is 0 Å². The summed E-state index contributed by atoms with van der Waals surface area (Å²) in [6.45, 7) is 1.21. The molecule has 0 bridgehead atoms. The van der Waals surface area contributed by atoms with Crippen molar-refractivity contribution in [2.24, 2.45) is 0 Å². The third-order valence-corrected chi connectivity index (χ3v) is 1.40. The van der Waals surface area contributed by atoms with Crippen molar-refractivity contribution < 1.29 is 18.0 Å². The predicted octanol–water partition coefficient (Wildman–Crippen LogP) is 1.31. The Balaban J connectivity index is 4.26. The van der Waals surface area contributed by atoms with Crippen molar-refractivity contribution in [3.8, 4) is 6.07 Å². The van der Waals surface area contributed by atoms with E-state index in [1.807, 2.05) is 0 Å². The highest BCUT2D eigenvalue weighted by molar-refractivity contribution is 5.81. The highest BCUT2D eigenvalue weighted by atomic mass is 19.4. The number of nitriles is 1. The van der Waals surface area contributed by atoms with Crippen LogP contribution in [-0.4, -0.2) is 30.1 Å². The third kappa shape index (κ3) is 3.78. The zero-order chi connectivity index (χ0) is 10.5. The van der Waals surface area contributed by atoms with Gasteiger partial charge in [-0.1, -0.05) is 0 Å².